The first kappa shape index (κ1) is 16.4. The van der Waals surface area contributed by atoms with Gasteiger partial charge < -0.3 is 14.3 Å². The highest BCUT2D eigenvalue weighted by Gasteiger charge is 2.12. The molecule has 0 fully saturated rings. The Morgan fingerprint density at radius 3 is 2.50 bits per heavy atom. The molecule has 0 amide bonds. The van der Waals surface area contributed by atoms with Crippen LogP contribution in [0.3, 0.4) is 0 Å². The minimum absolute atomic E-state index is 0.582. The number of carbonyl (C=O) groups excluding carboxylic acids is 1. The minimum atomic E-state index is 0.582. The highest BCUT2D eigenvalue weighted by molar-refractivity contribution is 5.50. The predicted molar refractivity (Wildman–Crippen MR) is 81.3 cm³/mol. The Hall–Kier alpha value is -1.61. The number of ether oxygens (including phenoxy) is 2. The zero-order valence-corrected chi connectivity index (χ0v) is 12.9. The van der Waals surface area contributed by atoms with Gasteiger partial charge in [-0.1, -0.05) is 18.2 Å². The molecule has 3 nitrogen and oxygen atoms in total. The van der Waals surface area contributed by atoms with E-state index in [1.807, 2.05) is 6.08 Å². The van der Waals surface area contributed by atoms with Crippen LogP contribution >= 0.6 is 0 Å². The molecule has 3 heteroatoms. The van der Waals surface area contributed by atoms with Gasteiger partial charge in [-0.25, -0.2) is 0 Å². The number of benzene rings is 1. The molecule has 0 N–H and O–H groups in total. The smallest absolute Gasteiger partial charge is 0.125 e. The Morgan fingerprint density at radius 2 is 1.90 bits per heavy atom. The van der Waals surface area contributed by atoms with Crippen LogP contribution < -0.4 is 4.74 Å². The summed E-state index contributed by atoms with van der Waals surface area (Å²) in [5.74, 6) is 0.933. The van der Waals surface area contributed by atoms with Crippen molar-refractivity contribution in [2.75, 3.05) is 14.2 Å². The largest absolute Gasteiger partial charge is 0.496 e. The maximum Gasteiger partial charge on any atom is 0.125 e. The quantitative estimate of drug-likeness (QED) is 0.414. The second-order valence-corrected chi connectivity index (χ2v) is 4.84. The number of aryl methyl sites for hydroxylation is 1. The average Bonchev–Trinajstić information content (AvgIpc) is 2.43. The zero-order valence-electron chi connectivity index (χ0n) is 12.9. The van der Waals surface area contributed by atoms with Gasteiger partial charge in [-0.3, -0.25) is 0 Å². The topological polar surface area (TPSA) is 35.5 Å². The highest BCUT2D eigenvalue weighted by atomic mass is 16.5. The first-order valence-electron chi connectivity index (χ1n) is 6.89. The van der Waals surface area contributed by atoms with E-state index in [0.29, 0.717) is 13.0 Å². The lowest BCUT2D eigenvalue weighted by molar-refractivity contribution is -0.107. The minimum Gasteiger partial charge on any atom is -0.496 e. The molecular weight excluding hydrogens is 252 g/mol. The summed E-state index contributed by atoms with van der Waals surface area (Å²) in [4.78, 5) is 10.3. The normalized spacial score (nSPS) is 11.0. The second-order valence-electron chi connectivity index (χ2n) is 4.84. The molecule has 0 atom stereocenters. The van der Waals surface area contributed by atoms with Crippen LogP contribution in [0.4, 0.5) is 0 Å². The number of methoxy groups -OCH3 is 2. The van der Waals surface area contributed by atoms with E-state index in [9.17, 15) is 4.79 Å². The van der Waals surface area contributed by atoms with Crippen LogP contribution in [0.15, 0.2) is 18.2 Å². The predicted octanol–water partition coefficient (Wildman–Crippen LogP) is 3.54. The van der Waals surface area contributed by atoms with E-state index in [2.05, 4.69) is 26.0 Å². The van der Waals surface area contributed by atoms with Gasteiger partial charge >= 0.3 is 0 Å². The molecule has 0 radical (unpaired) electrons. The fraction of sp³-hybridized carbons (Fsp3) is 0.471. The van der Waals surface area contributed by atoms with Crippen LogP contribution in [0.1, 0.15) is 35.1 Å². The fourth-order valence-electron chi connectivity index (χ4n) is 2.38. The van der Waals surface area contributed by atoms with E-state index in [1.165, 1.54) is 16.7 Å². The van der Waals surface area contributed by atoms with Gasteiger partial charge in [0.2, 0.25) is 0 Å². The fourth-order valence-corrected chi connectivity index (χ4v) is 2.38. The molecule has 0 heterocycles. The van der Waals surface area contributed by atoms with Crippen LogP contribution in [0.2, 0.25) is 0 Å². The lowest BCUT2D eigenvalue weighted by Crippen LogP contribution is -2.02. The monoisotopic (exact) mass is 276 g/mol. The van der Waals surface area contributed by atoms with Gasteiger partial charge in [0.25, 0.3) is 0 Å². The third-order valence-electron chi connectivity index (χ3n) is 3.40. The van der Waals surface area contributed by atoms with Crippen molar-refractivity contribution in [3.8, 4) is 5.75 Å². The van der Waals surface area contributed by atoms with Crippen molar-refractivity contribution in [3.05, 3.63) is 40.5 Å². The summed E-state index contributed by atoms with van der Waals surface area (Å²) in [6.07, 6.45) is 7.28. The Balaban J connectivity index is 2.96. The Bertz CT molecular complexity index is 476. The lowest BCUT2D eigenvalue weighted by atomic mass is 9.96. The van der Waals surface area contributed by atoms with E-state index in [-0.39, 0.29) is 0 Å². The van der Waals surface area contributed by atoms with E-state index >= 15 is 0 Å². The SMILES string of the molecule is COCc1c(C)cc(C/C=C/CCC=O)c(OC)c1C. The number of hydrogen-bond donors (Lipinski definition) is 0. The number of hydrogen-bond acceptors (Lipinski definition) is 3. The van der Waals surface area contributed by atoms with E-state index < -0.39 is 0 Å². The zero-order chi connectivity index (χ0) is 15.0. The molecule has 0 aliphatic rings. The van der Waals surface area contributed by atoms with E-state index in [4.69, 9.17) is 9.47 Å². The highest BCUT2D eigenvalue weighted by Crippen LogP contribution is 2.30. The number of allylic oxidation sites excluding steroid dienone is 2. The van der Waals surface area contributed by atoms with Gasteiger partial charge in [0, 0.05) is 13.5 Å². The van der Waals surface area contributed by atoms with Gasteiger partial charge in [-0.2, -0.15) is 0 Å². The summed E-state index contributed by atoms with van der Waals surface area (Å²) in [6, 6.07) is 2.16. The van der Waals surface area contributed by atoms with E-state index in [0.717, 1.165) is 30.4 Å². The molecule has 0 aromatic heterocycles. The van der Waals surface area contributed by atoms with Crippen molar-refractivity contribution in [2.24, 2.45) is 0 Å². The van der Waals surface area contributed by atoms with Crippen molar-refractivity contribution in [1.82, 2.24) is 0 Å². The number of unbranched alkanes of at least 4 members (excludes halogenated alkanes) is 1. The lowest BCUT2D eigenvalue weighted by Gasteiger charge is -2.17. The molecule has 1 rings (SSSR count). The summed E-state index contributed by atoms with van der Waals surface area (Å²) in [5, 5.41) is 0. The summed E-state index contributed by atoms with van der Waals surface area (Å²) in [5.41, 5.74) is 4.73. The van der Waals surface area contributed by atoms with Crippen LogP contribution in [0.25, 0.3) is 0 Å². The first-order chi connectivity index (χ1) is 9.65. The standard InChI is InChI=1S/C17H24O3/c1-13-11-15(9-7-5-6-8-10-18)17(20-4)14(2)16(13)12-19-3/h5,7,10-11H,6,8-9,12H2,1-4H3/b7-5+. The van der Waals surface area contributed by atoms with Crippen LogP contribution in [0.5, 0.6) is 5.75 Å². The van der Waals surface area contributed by atoms with Crippen molar-refractivity contribution >= 4 is 6.29 Å². The summed E-state index contributed by atoms with van der Waals surface area (Å²) < 4.78 is 10.8. The molecule has 0 aliphatic carbocycles. The molecule has 0 saturated carbocycles. The summed E-state index contributed by atoms with van der Waals surface area (Å²) in [6.45, 7) is 4.77. The van der Waals surface area contributed by atoms with E-state index in [1.54, 1.807) is 14.2 Å². The number of aldehydes is 1. The maximum absolute atomic E-state index is 10.3. The van der Waals surface area contributed by atoms with Gasteiger partial charge in [0.05, 0.1) is 13.7 Å². The molecule has 1 aromatic carbocycles. The molecule has 0 unspecified atom stereocenters. The maximum atomic E-state index is 10.3. The van der Waals surface area contributed by atoms with Crippen molar-refractivity contribution in [1.29, 1.82) is 0 Å². The van der Waals surface area contributed by atoms with Gasteiger partial charge in [-0.15, -0.1) is 0 Å². The Labute approximate surface area is 121 Å². The third-order valence-corrected chi connectivity index (χ3v) is 3.40. The Kier molecular flexibility index (Phi) is 7.02. The average molecular weight is 276 g/mol. The van der Waals surface area contributed by atoms with Crippen LogP contribution in [-0.4, -0.2) is 20.5 Å². The molecule has 110 valence electrons. The van der Waals surface area contributed by atoms with Crippen LogP contribution in [0, 0.1) is 13.8 Å². The van der Waals surface area contributed by atoms with Crippen molar-refractivity contribution in [3.63, 3.8) is 0 Å². The molecule has 0 bridgehead atoms. The molecule has 0 spiro atoms. The molecule has 0 aliphatic heterocycles. The van der Waals surface area contributed by atoms with Crippen molar-refractivity contribution < 1.29 is 14.3 Å². The number of carbonyl (C=O) groups is 1. The molecular formula is C17H24O3. The number of rotatable bonds is 8. The van der Waals surface area contributed by atoms with Crippen LogP contribution in [-0.2, 0) is 22.6 Å². The molecule has 0 saturated heterocycles. The Morgan fingerprint density at radius 1 is 1.15 bits per heavy atom. The first-order valence-corrected chi connectivity index (χ1v) is 6.89. The van der Waals surface area contributed by atoms with Gasteiger partial charge in [0.15, 0.2) is 0 Å². The van der Waals surface area contributed by atoms with Crippen molar-refractivity contribution in [2.45, 2.75) is 39.7 Å². The van der Waals surface area contributed by atoms with Gasteiger partial charge in [-0.05, 0) is 48.9 Å². The third kappa shape index (κ3) is 4.20. The molecule has 1 aromatic rings. The summed E-state index contributed by atoms with van der Waals surface area (Å²) in [7, 11) is 3.41. The van der Waals surface area contributed by atoms with Gasteiger partial charge in [0.1, 0.15) is 12.0 Å². The summed E-state index contributed by atoms with van der Waals surface area (Å²) >= 11 is 0. The molecule has 20 heavy (non-hydrogen) atoms. The second kappa shape index (κ2) is 8.54.